The van der Waals surface area contributed by atoms with E-state index in [4.69, 9.17) is 23.2 Å². The smallest absolute Gasteiger partial charge is 0.124 e. The molecular weight excluding hydrogens is 342 g/mol. The summed E-state index contributed by atoms with van der Waals surface area (Å²) in [6.45, 7) is 0. The number of halogens is 4. The average molecular weight is 350 g/mol. The molecule has 2 aromatic carbocycles. The third kappa shape index (κ3) is 2.86. The lowest BCUT2D eigenvalue weighted by atomic mass is 10.0. The topological polar surface area (TPSA) is 20.2 Å². The molecule has 0 bridgehead atoms. The quantitative estimate of drug-likeness (QED) is 0.810. The summed E-state index contributed by atoms with van der Waals surface area (Å²) < 4.78 is 13.5. The zero-order chi connectivity index (χ0) is 13.3. The van der Waals surface area contributed by atoms with Crippen LogP contribution in [0.1, 0.15) is 17.2 Å². The van der Waals surface area contributed by atoms with Gasteiger partial charge in [-0.25, -0.2) is 4.39 Å². The molecule has 0 spiro atoms. The van der Waals surface area contributed by atoms with E-state index >= 15 is 0 Å². The van der Waals surface area contributed by atoms with E-state index in [0.29, 0.717) is 25.6 Å². The van der Waals surface area contributed by atoms with Crippen LogP contribution in [0.15, 0.2) is 40.9 Å². The van der Waals surface area contributed by atoms with E-state index in [2.05, 4.69) is 15.9 Å². The second kappa shape index (κ2) is 5.57. The lowest BCUT2D eigenvalue weighted by molar-refractivity contribution is 0.219. The minimum Gasteiger partial charge on any atom is -0.384 e. The van der Waals surface area contributed by atoms with Gasteiger partial charge in [-0.3, -0.25) is 0 Å². The molecular formula is C13H8BrCl2FO. The molecule has 1 unspecified atom stereocenters. The van der Waals surface area contributed by atoms with E-state index in [1.807, 2.05) is 0 Å². The normalized spacial score (nSPS) is 12.5. The molecule has 0 heterocycles. The maximum Gasteiger partial charge on any atom is 0.124 e. The van der Waals surface area contributed by atoms with E-state index in [0.717, 1.165) is 0 Å². The van der Waals surface area contributed by atoms with Gasteiger partial charge in [0.25, 0.3) is 0 Å². The predicted molar refractivity (Wildman–Crippen MR) is 74.6 cm³/mol. The summed E-state index contributed by atoms with van der Waals surface area (Å²) >= 11 is 15.1. The summed E-state index contributed by atoms with van der Waals surface area (Å²) in [5, 5.41) is 11.2. The Morgan fingerprint density at radius 2 is 1.78 bits per heavy atom. The van der Waals surface area contributed by atoms with Crippen LogP contribution in [0.4, 0.5) is 4.39 Å². The number of hydrogen-bond donors (Lipinski definition) is 1. The molecule has 5 heteroatoms. The number of aliphatic hydroxyl groups is 1. The summed E-state index contributed by atoms with van der Waals surface area (Å²) in [6, 6.07) is 8.91. The molecule has 1 atom stereocenters. The molecule has 0 radical (unpaired) electrons. The Labute approximate surface area is 122 Å². The van der Waals surface area contributed by atoms with Crippen LogP contribution in [-0.4, -0.2) is 5.11 Å². The van der Waals surface area contributed by atoms with Crippen LogP contribution in [0.25, 0.3) is 0 Å². The molecule has 0 fully saturated rings. The molecule has 1 N–H and O–H groups in total. The SMILES string of the molecule is OC(c1cc(Cl)ccc1Cl)c1ccc(F)cc1Br. The van der Waals surface area contributed by atoms with Gasteiger partial charge in [-0.1, -0.05) is 45.2 Å². The van der Waals surface area contributed by atoms with Crippen LogP contribution in [0, 0.1) is 5.82 Å². The summed E-state index contributed by atoms with van der Waals surface area (Å²) in [4.78, 5) is 0. The summed E-state index contributed by atoms with van der Waals surface area (Å²) in [6.07, 6.45) is -0.967. The highest BCUT2D eigenvalue weighted by molar-refractivity contribution is 9.10. The standard InChI is InChI=1S/C13H8BrCl2FO/c14-11-6-8(17)2-3-9(11)13(18)10-5-7(15)1-4-12(10)16/h1-6,13,18H. The van der Waals surface area contributed by atoms with E-state index in [-0.39, 0.29) is 5.82 Å². The molecule has 0 aliphatic carbocycles. The van der Waals surface area contributed by atoms with Crippen LogP contribution in [-0.2, 0) is 0 Å². The van der Waals surface area contributed by atoms with Gasteiger partial charge in [-0.05, 0) is 35.9 Å². The Balaban J connectivity index is 2.47. The van der Waals surface area contributed by atoms with Crippen molar-refractivity contribution in [1.29, 1.82) is 0 Å². The van der Waals surface area contributed by atoms with Crippen molar-refractivity contribution in [3.05, 3.63) is 67.9 Å². The Morgan fingerprint density at radius 1 is 1.06 bits per heavy atom. The lowest BCUT2D eigenvalue weighted by Crippen LogP contribution is -2.02. The molecule has 0 amide bonds. The first-order valence-electron chi connectivity index (χ1n) is 5.07. The van der Waals surface area contributed by atoms with Gasteiger partial charge < -0.3 is 5.11 Å². The van der Waals surface area contributed by atoms with E-state index < -0.39 is 6.10 Å². The Hall–Kier alpha value is -0.610. The summed E-state index contributed by atoms with van der Waals surface area (Å²) in [5.74, 6) is -0.380. The monoisotopic (exact) mass is 348 g/mol. The number of aliphatic hydroxyl groups excluding tert-OH is 1. The van der Waals surface area contributed by atoms with Gasteiger partial charge in [0.2, 0.25) is 0 Å². The maximum atomic E-state index is 13.0. The molecule has 2 aromatic rings. The largest absolute Gasteiger partial charge is 0.384 e. The third-order valence-electron chi connectivity index (χ3n) is 2.51. The molecule has 94 valence electrons. The van der Waals surface area contributed by atoms with Gasteiger partial charge in [-0.15, -0.1) is 0 Å². The van der Waals surface area contributed by atoms with Crippen LogP contribution < -0.4 is 0 Å². The third-order valence-corrected chi connectivity index (χ3v) is 3.78. The predicted octanol–water partition coefficient (Wildman–Crippen LogP) is 4.98. The van der Waals surface area contributed by atoms with Gasteiger partial charge in [0.15, 0.2) is 0 Å². The molecule has 18 heavy (non-hydrogen) atoms. The fraction of sp³-hybridized carbons (Fsp3) is 0.0769. The Kier molecular flexibility index (Phi) is 4.28. The number of benzene rings is 2. The van der Waals surface area contributed by atoms with Gasteiger partial charge >= 0.3 is 0 Å². The van der Waals surface area contributed by atoms with Crippen molar-refractivity contribution in [3.8, 4) is 0 Å². The maximum absolute atomic E-state index is 13.0. The second-order valence-electron chi connectivity index (χ2n) is 3.73. The zero-order valence-corrected chi connectivity index (χ0v) is 12.1. The van der Waals surface area contributed by atoms with Crippen molar-refractivity contribution in [1.82, 2.24) is 0 Å². The van der Waals surface area contributed by atoms with Crippen molar-refractivity contribution in [2.24, 2.45) is 0 Å². The van der Waals surface area contributed by atoms with Crippen LogP contribution in [0.5, 0.6) is 0 Å². The molecule has 0 saturated carbocycles. The molecule has 0 aromatic heterocycles. The summed E-state index contributed by atoms with van der Waals surface area (Å²) in [5.41, 5.74) is 1.01. The van der Waals surface area contributed by atoms with Crippen molar-refractivity contribution in [2.45, 2.75) is 6.10 Å². The molecule has 0 saturated heterocycles. The van der Waals surface area contributed by atoms with Gasteiger partial charge in [0.05, 0.1) is 0 Å². The van der Waals surface area contributed by atoms with Gasteiger partial charge in [-0.2, -0.15) is 0 Å². The highest BCUT2D eigenvalue weighted by Crippen LogP contribution is 2.34. The van der Waals surface area contributed by atoms with Crippen LogP contribution >= 0.6 is 39.1 Å². The highest BCUT2D eigenvalue weighted by atomic mass is 79.9. The van der Waals surface area contributed by atoms with Crippen LogP contribution in [0.3, 0.4) is 0 Å². The number of hydrogen-bond acceptors (Lipinski definition) is 1. The average Bonchev–Trinajstić information content (AvgIpc) is 2.31. The minimum atomic E-state index is -0.967. The fourth-order valence-corrected chi connectivity index (χ4v) is 2.58. The highest BCUT2D eigenvalue weighted by Gasteiger charge is 2.17. The van der Waals surface area contributed by atoms with Gasteiger partial charge in [0.1, 0.15) is 11.9 Å². The minimum absolute atomic E-state index is 0.380. The first kappa shape index (κ1) is 13.8. The van der Waals surface area contributed by atoms with Crippen molar-refractivity contribution in [2.75, 3.05) is 0 Å². The van der Waals surface area contributed by atoms with E-state index in [1.165, 1.54) is 18.2 Å². The van der Waals surface area contributed by atoms with E-state index in [9.17, 15) is 9.50 Å². The first-order valence-corrected chi connectivity index (χ1v) is 6.62. The van der Waals surface area contributed by atoms with E-state index in [1.54, 1.807) is 18.2 Å². The second-order valence-corrected chi connectivity index (χ2v) is 5.43. The molecule has 2 rings (SSSR count). The van der Waals surface area contributed by atoms with Crippen molar-refractivity contribution in [3.63, 3.8) is 0 Å². The van der Waals surface area contributed by atoms with Gasteiger partial charge in [0, 0.05) is 20.1 Å². The Morgan fingerprint density at radius 3 is 2.44 bits per heavy atom. The molecule has 0 aliphatic heterocycles. The fourth-order valence-electron chi connectivity index (χ4n) is 1.61. The molecule has 0 aliphatic rings. The first-order chi connectivity index (χ1) is 8.49. The number of rotatable bonds is 2. The summed E-state index contributed by atoms with van der Waals surface area (Å²) in [7, 11) is 0. The molecule has 1 nitrogen and oxygen atoms in total. The van der Waals surface area contributed by atoms with Crippen LogP contribution in [0.2, 0.25) is 10.0 Å². The lowest BCUT2D eigenvalue weighted by Gasteiger charge is -2.15. The Bertz CT molecular complexity index is 589. The zero-order valence-electron chi connectivity index (χ0n) is 9.00. The van der Waals surface area contributed by atoms with Crippen molar-refractivity contribution < 1.29 is 9.50 Å². The van der Waals surface area contributed by atoms with Crippen molar-refractivity contribution >= 4 is 39.1 Å².